The second kappa shape index (κ2) is 5.15. The highest BCUT2D eigenvalue weighted by atomic mass is 32.2. The fraction of sp³-hybridized carbons (Fsp3) is 0.833. The lowest BCUT2D eigenvalue weighted by Gasteiger charge is -2.12. The summed E-state index contributed by atoms with van der Waals surface area (Å²) in [6, 6.07) is -1.21. The molecule has 0 bridgehead atoms. The van der Waals surface area contributed by atoms with E-state index in [-0.39, 0.29) is 12.4 Å². The zero-order valence-electron chi connectivity index (χ0n) is 7.48. The van der Waals surface area contributed by atoms with Gasteiger partial charge >= 0.3 is 5.97 Å². The van der Waals surface area contributed by atoms with Crippen molar-refractivity contribution < 1.29 is 23.1 Å². The molecule has 0 fully saturated rings. The number of ether oxygens (including phenoxy) is 1. The molecule has 0 aromatic carbocycles. The summed E-state index contributed by atoms with van der Waals surface area (Å²) in [5.41, 5.74) is 0. The highest BCUT2D eigenvalue weighted by Gasteiger charge is 2.22. The van der Waals surface area contributed by atoms with E-state index in [1.807, 2.05) is 4.72 Å². The van der Waals surface area contributed by atoms with Crippen molar-refractivity contribution in [3.63, 3.8) is 0 Å². The van der Waals surface area contributed by atoms with E-state index >= 15 is 0 Å². The van der Waals surface area contributed by atoms with Gasteiger partial charge in [0.05, 0.1) is 12.4 Å². The van der Waals surface area contributed by atoms with E-state index in [0.29, 0.717) is 0 Å². The summed E-state index contributed by atoms with van der Waals surface area (Å²) in [4.78, 5) is 10.5. The third-order valence-electron chi connectivity index (χ3n) is 1.33. The molecule has 0 aliphatic rings. The van der Waals surface area contributed by atoms with Gasteiger partial charge in [0.15, 0.2) is 0 Å². The molecule has 0 aromatic heterocycles. The number of carboxylic acids is 1. The van der Waals surface area contributed by atoms with Gasteiger partial charge in [0.25, 0.3) is 0 Å². The van der Waals surface area contributed by atoms with Crippen molar-refractivity contribution in [2.45, 2.75) is 13.0 Å². The summed E-state index contributed by atoms with van der Waals surface area (Å²) in [5.74, 6) is -1.40. The fourth-order valence-corrected chi connectivity index (χ4v) is 1.39. The monoisotopic (exact) mass is 211 g/mol. The molecule has 78 valence electrons. The SMILES string of the molecule is CCS(=O)(=O)NC(COC)C(=O)O. The van der Waals surface area contributed by atoms with Crippen molar-refractivity contribution >= 4 is 16.0 Å². The van der Waals surface area contributed by atoms with Gasteiger partial charge in [-0.3, -0.25) is 4.79 Å². The van der Waals surface area contributed by atoms with E-state index in [9.17, 15) is 13.2 Å². The fourth-order valence-electron chi connectivity index (χ4n) is 0.622. The first-order valence-corrected chi connectivity index (χ1v) is 5.30. The molecule has 0 amide bonds. The maximum Gasteiger partial charge on any atom is 0.324 e. The third-order valence-corrected chi connectivity index (χ3v) is 2.74. The average Bonchev–Trinajstić information content (AvgIpc) is 2.03. The lowest BCUT2D eigenvalue weighted by molar-refractivity contribution is -0.140. The molecule has 0 radical (unpaired) electrons. The Balaban J connectivity index is 4.35. The molecule has 1 unspecified atom stereocenters. The number of aliphatic carboxylic acids is 1. The highest BCUT2D eigenvalue weighted by molar-refractivity contribution is 7.89. The molecule has 0 aliphatic carbocycles. The first-order chi connectivity index (χ1) is 5.93. The molecule has 0 spiro atoms. The van der Waals surface area contributed by atoms with Crippen LogP contribution in [0.5, 0.6) is 0 Å². The van der Waals surface area contributed by atoms with Crippen molar-refractivity contribution in [2.24, 2.45) is 0 Å². The lowest BCUT2D eigenvalue weighted by atomic mass is 10.3. The normalized spacial score (nSPS) is 14.0. The number of carboxylic acid groups (broad SMARTS) is 1. The molecule has 1 atom stereocenters. The quantitative estimate of drug-likeness (QED) is 0.589. The van der Waals surface area contributed by atoms with E-state index in [4.69, 9.17) is 5.11 Å². The number of methoxy groups -OCH3 is 1. The van der Waals surface area contributed by atoms with Gasteiger partial charge in [0.1, 0.15) is 6.04 Å². The highest BCUT2D eigenvalue weighted by Crippen LogP contribution is 1.91. The second-order valence-corrected chi connectivity index (χ2v) is 4.41. The minimum Gasteiger partial charge on any atom is -0.480 e. The Morgan fingerprint density at radius 1 is 1.62 bits per heavy atom. The van der Waals surface area contributed by atoms with Gasteiger partial charge in [-0.15, -0.1) is 0 Å². The van der Waals surface area contributed by atoms with Crippen LogP contribution in [0.2, 0.25) is 0 Å². The number of nitrogens with one attached hydrogen (secondary N) is 1. The zero-order valence-corrected chi connectivity index (χ0v) is 8.30. The van der Waals surface area contributed by atoms with Crippen LogP contribution in [0.25, 0.3) is 0 Å². The van der Waals surface area contributed by atoms with Gasteiger partial charge in [0, 0.05) is 7.11 Å². The second-order valence-electron chi connectivity index (χ2n) is 2.37. The summed E-state index contributed by atoms with van der Waals surface area (Å²) in [7, 11) is -2.19. The Bertz CT molecular complexity index is 260. The first-order valence-electron chi connectivity index (χ1n) is 3.64. The topological polar surface area (TPSA) is 92.7 Å². The Morgan fingerprint density at radius 2 is 2.15 bits per heavy atom. The summed E-state index contributed by atoms with van der Waals surface area (Å²) in [6.45, 7) is 1.24. The summed E-state index contributed by atoms with van der Waals surface area (Å²) < 4.78 is 28.5. The maximum absolute atomic E-state index is 11.0. The Morgan fingerprint density at radius 3 is 2.46 bits per heavy atom. The van der Waals surface area contributed by atoms with Crippen LogP contribution in [0.1, 0.15) is 6.92 Å². The molecule has 0 aliphatic heterocycles. The van der Waals surface area contributed by atoms with E-state index in [1.54, 1.807) is 0 Å². The van der Waals surface area contributed by atoms with Crippen LogP contribution in [0, 0.1) is 0 Å². The maximum atomic E-state index is 11.0. The standard InChI is InChI=1S/C6H13NO5S/c1-3-13(10,11)7-5(4-12-2)6(8)9/h5,7H,3-4H2,1-2H3,(H,8,9). The van der Waals surface area contributed by atoms with Crippen LogP contribution < -0.4 is 4.72 Å². The van der Waals surface area contributed by atoms with Crippen molar-refractivity contribution in [1.82, 2.24) is 4.72 Å². The van der Waals surface area contributed by atoms with Crippen LogP contribution in [-0.4, -0.2) is 45.0 Å². The van der Waals surface area contributed by atoms with Gasteiger partial charge in [-0.2, -0.15) is 4.72 Å². The van der Waals surface area contributed by atoms with Gasteiger partial charge in [0.2, 0.25) is 10.0 Å². The van der Waals surface area contributed by atoms with Gasteiger partial charge < -0.3 is 9.84 Å². The van der Waals surface area contributed by atoms with Crippen LogP contribution in [0.4, 0.5) is 0 Å². The molecule has 7 heteroatoms. The molecule has 0 aromatic rings. The van der Waals surface area contributed by atoms with Gasteiger partial charge in [-0.25, -0.2) is 8.42 Å². The molecular weight excluding hydrogens is 198 g/mol. The Labute approximate surface area is 76.9 Å². The van der Waals surface area contributed by atoms with E-state index in [1.165, 1.54) is 14.0 Å². The molecule has 0 rings (SSSR count). The number of hydrogen-bond acceptors (Lipinski definition) is 4. The third kappa shape index (κ3) is 4.81. The lowest BCUT2D eigenvalue weighted by Crippen LogP contribution is -2.44. The number of hydrogen-bond donors (Lipinski definition) is 2. The molecule has 2 N–H and O–H groups in total. The predicted molar refractivity (Wildman–Crippen MR) is 45.9 cm³/mol. The van der Waals surface area contributed by atoms with Gasteiger partial charge in [-0.1, -0.05) is 0 Å². The summed E-state index contributed by atoms with van der Waals surface area (Å²) >= 11 is 0. The molecule has 6 nitrogen and oxygen atoms in total. The largest absolute Gasteiger partial charge is 0.480 e. The van der Waals surface area contributed by atoms with Gasteiger partial charge in [-0.05, 0) is 6.92 Å². The number of rotatable bonds is 6. The summed E-state index contributed by atoms with van der Waals surface area (Å²) in [6.07, 6.45) is 0. The predicted octanol–water partition coefficient (Wildman–Crippen LogP) is -0.975. The Kier molecular flexibility index (Phi) is 4.89. The minimum atomic E-state index is -3.50. The number of carbonyl (C=O) groups is 1. The molecular formula is C6H13NO5S. The molecule has 13 heavy (non-hydrogen) atoms. The van der Waals surface area contributed by atoms with Crippen LogP contribution in [0.15, 0.2) is 0 Å². The van der Waals surface area contributed by atoms with Crippen LogP contribution in [-0.2, 0) is 19.6 Å². The molecule has 0 heterocycles. The average molecular weight is 211 g/mol. The summed E-state index contributed by atoms with van der Waals surface area (Å²) in [5, 5.41) is 8.56. The smallest absolute Gasteiger partial charge is 0.324 e. The molecule has 0 saturated carbocycles. The Hall–Kier alpha value is -0.660. The minimum absolute atomic E-state index is 0.152. The first kappa shape index (κ1) is 12.3. The van der Waals surface area contributed by atoms with Crippen molar-refractivity contribution in [2.75, 3.05) is 19.5 Å². The van der Waals surface area contributed by atoms with Crippen molar-refractivity contribution in [3.05, 3.63) is 0 Å². The zero-order chi connectivity index (χ0) is 10.5. The van der Waals surface area contributed by atoms with Crippen molar-refractivity contribution in [1.29, 1.82) is 0 Å². The van der Waals surface area contributed by atoms with Crippen LogP contribution >= 0.6 is 0 Å². The van der Waals surface area contributed by atoms with Crippen molar-refractivity contribution in [3.8, 4) is 0 Å². The van der Waals surface area contributed by atoms with E-state index < -0.39 is 22.0 Å². The molecule has 0 saturated heterocycles. The van der Waals surface area contributed by atoms with E-state index in [2.05, 4.69) is 4.74 Å². The van der Waals surface area contributed by atoms with E-state index in [0.717, 1.165) is 0 Å². The number of sulfonamides is 1. The van der Waals surface area contributed by atoms with Crippen LogP contribution in [0.3, 0.4) is 0 Å².